The van der Waals surface area contributed by atoms with Crippen LogP contribution in [0.4, 0.5) is 0 Å². The summed E-state index contributed by atoms with van der Waals surface area (Å²) >= 11 is 0. The van der Waals surface area contributed by atoms with Crippen LogP contribution in [0.2, 0.25) is 0 Å². The van der Waals surface area contributed by atoms with Crippen molar-refractivity contribution in [1.29, 1.82) is 0 Å². The molecule has 0 bridgehead atoms. The number of carbonyl (C=O) groups excluding carboxylic acids is 2. The van der Waals surface area contributed by atoms with E-state index in [0.717, 1.165) is 5.56 Å². The summed E-state index contributed by atoms with van der Waals surface area (Å²) in [5.41, 5.74) is 1.11. The lowest BCUT2D eigenvalue weighted by Gasteiger charge is -2.22. The number of Topliss-reactive ketones (excluding diaryl/α,β-unsaturated/α-hetero) is 1. The van der Waals surface area contributed by atoms with Crippen molar-refractivity contribution in [2.75, 3.05) is 13.1 Å². The number of nitrogens with one attached hydrogen (secondary N) is 1. The normalized spacial score (nSPS) is 27.4. The quantitative estimate of drug-likeness (QED) is 0.774. The molecule has 0 saturated carbocycles. The van der Waals surface area contributed by atoms with Gasteiger partial charge in [-0.1, -0.05) is 30.3 Å². The second-order valence-electron chi connectivity index (χ2n) is 4.96. The molecule has 2 heterocycles. The van der Waals surface area contributed by atoms with Gasteiger partial charge >= 0.3 is 0 Å². The van der Waals surface area contributed by atoms with E-state index in [1.165, 1.54) is 0 Å². The molecule has 0 spiro atoms. The first-order valence-electron chi connectivity index (χ1n) is 6.34. The van der Waals surface area contributed by atoms with Crippen molar-refractivity contribution < 1.29 is 9.59 Å². The van der Waals surface area contributed by atoms with E-state index < -0.39 is 5.92 Å². The van der Waals surface area contributed by atoms with Crippen LogP contribution in [0, 0.1) is 5.92 Å². The van der Waals surface area contributed by atoms with Crippen molar-refractivity contribution >= 4 is 11.7 Å². The molecule has 1 N–H and O–H groups in total. The SMILES string of the molecule is O=C1CCN[C@@H]2CN(Cc3ccccc3)C(=O)[C@@H]12. The number of carbonyl (C=O) groups is 2. The Morgan fingerprint density at radius 1 is 1.22 bits per heavy atom. The molecule has 0 radical (unpaired) electrons. The summed E-state index contributed by atoms with van der Waals surface area (Å²) in [5.74, 6) is -0.358. The van der Waals surface area contributed by atoms with Gasteiger partial charge < -0.3 is 10.2 Å². The minimum Gasteiger partial charge on any atom is -0.336 e. The number of ketones is 1. The summed E-state index contributed by atoms with van der Waals surface area (Å²) in [6, 6.07) is 9.91. The van der Waals surface area contributed by atoms with Crippen LogP contribution >= 0.6 is 0 Å². The zero-order valence-electron chi connectivity index (χ0n) is 10.1. The number of fused-ring (bicyclic) bond motifs is 1. The first-order chi connectivity index (χ1) is 8.75. The van der Waals surface area contributed by atoms with Crippen LogP contribution in [-0.4, -0.2) is 35.7 Å². The highest BCUT2D eigenvalue weighted by molar-refractivity contribution is 6.04. The summed E-state index contributed by atoms with van der Waals surface area (Å²) in [6.07, 6.45) is 0.478. The molecule has 0 unspecified atom stereocenters. The molecule has 4 nitrogen and oxygen atoms in total. The van der Waals surface area contributed by atoms with E-state index in [1.54, 1.807) is 4.90 Å². The van der Waals surface area contributed by atoms with Crippen LogP contribution in [0.15, 0.2) is 30.3 Å². The van der Waals surface area contributed by atoms with Crippen molar-refractivity contribution in [3.8, 4) is 0 Å². The van der Waals surface area contributed by atoms with Crippen LogP contribution in [0.3, 0.4) is 0 Å². The number of hydrogen-bond acceptors (Lipinski definition) is 3. The Hall–Kier alpha value is -1.68. The lowest BCUT2D eigenvalue weighted by atomic mass is 9.92. The first-order valence-corrected chi connectivity index (χ1v) is 6.34. The van der Waals surface area contributed by atoms with Gasteiger partial charge in [0.2, 0.25) is 5.91 Å². The zero-order chi connectivity index (χ0) is 12.5. The number of hydrogen-bond donors (Lipinski definition) is 1. The van der Waals surface area contributed by atoms with Crippen LogP contribution in [0.5, 0.6) is 0 Å². The minimum atomic E-state index is -0.442. The smallest absolute Gasteiger partial charge is 0.235 e. The van der Waals surface area contributed by atoms with Crippen molar-refractivity contribution in [3.05, 3.63) is 35.9 Å². The van der Waals surface area contributed by atoms with E-state index >= 15 is 0 Å². The molecular formula is C14H16N2O2. The van der Waals surface area contributed by atoms with Gasteiger partial charge in [-0.3, -0.25) is 9.59 Å². The maximum atomic E-state index is 12.2. The predicted octanol–water partition coefficient (Wildman–Crippen LogP) is 0.576. The summed E-state index contributed by atoms with van der Waals surface area (Å²) in [5, 5.41) is 3.27. The fraction of sp³-hybridized carbons (Fsp3) is 0.429. The topological polar surface area (TPSA) is 49.4 Å². The number of piperidine rings is 1. The fourth-order valence-corrected chi connectivity index (χ4v) is 2.83. The second-order valence-corrected chi connectivity index (χ2v) is 4.96. The average Bonchev–Trinajstić information content (AvgIpc) is 2.69. The van der Waals surface area contributed by atoms with E-state index in [2.05, 4.69) is 5.32 Å². The van der Waals surface area contributed by atoms with Gasteiger partial charge in [-0.05, 0) is 5.56 Å². The standard InChI is InChI=1S/C14H16N2O2/c17-12-6-7-15-11-9-16(14(18)13(11)12)8-10-4-2-1-3-5-10/h1-5,11,13,15H,6-9H2/t11-,13-/m1/s1. The molecule has 0 aromatic heterocycles. The molecule has 4 heteroatoms. The molecule has 1 aromatic rings. The van der Waals surface area contributed by atoms with Gasteiger partial charge in [0, 0.05) is 32.1 Å². The summed E-state index contributed by atoms with van der Waals surface area (Å²) in [4.78, 5) is 25.8. The second kappa shape index (κ2) is 4.53. The Bertz CT molecular complexity index is 472. The molecule has 1 amide bonds. The molecule has 0 aliphatic carbocycles. The van der Waals surface area contributed by atoms with Crippen molar-refractivity contribution in [2.45, 2.75) is 19.0 Å². The molecule has 1 aromatic carbocycles. The number of benzene rings is 1. The molecule has 94 valence electrons. The third-order valence-electron chi connectivity index (χ3n) is 3.74. The van der Waals surface area contributed by atoms with Gasteiger partial charge in [0.05, 0.1) is 0 Å². The highest BCUT2D eigenvalue weighted by Gasteiger charge is 2.45. The van der Waals surface area contributed by atoms with E-state index in [4.69, 9.17) is 0 Å². The average molecular weight is 244 g/mol. The summed E-state index contributed by atoms with van der Waals surface area (Å²) in [7, 11) is 0. The zero-order valence-corrected chi connectivity index (χ0v) is 10.1. The van der Waals surface area contributed by atoms with E-state index in [1.807, 2.05) is 30.3 Å². The Labute approximate surface area is 106 Å². The van der Waals surface area contributed by atoms with Gasteiger partial charge in [-0.25, -0.2) is 0 Å². The van der Waals surface area contributed by atoms with Crippen molar-refractivity contribution in [1.82, 2.24) is 10.2 Å². The van der Waals surface area contributed by atoms with Crippen LogP contribution < -0.4 is 5.32 Å². The Kier molecular flexibility index (Phi) is 2.88. The predicted molar refractivity (Wildman–Crippen MR) is 66.8 cm³/mol. The third-order valence-corrected chi connectivity index (χ3v) is 3.74. The summed E-state index contributed by atoms with van der Waals surface area (Å²) in [6.45, 7) is 1.94. The number of nitrogens with zero attached hydrogens (tertiary/aromatic N) is 1. The van der Waals surface area contributed by atoms with Crippen LogP contribution in [0.25, 0.3) is 0 Å². The van der Waals surface area contributed by atoms with E-state index in [9.17, 15) is 9.59 Å². The van der Waals surface area contributed by atoms with Crippen molar-refractivity contribution in [3.63, 3.8) is 0 Å². The monoisotopic (exact) mass is 244 g/mol. The van der Waals surface area contributed by atoms with Gasteiger partial charge in [0.15, 0.2) is 0 Å². The number of likely N-dealkylation sites (tertiary alicyclic amines) is 1. The lowest BCUT2D eigenvalue weighted by molar-refractivity contribution is -0.138. The van der Waals surface area contributed by atoms with Crippen LogP contribution in [0.1, 0.15) is 12.0 Å². The first kappa shape index (κ1) is 11.4. The van der Waals surface area contributed by atoms with Gasteiger partial charge in [-0.2, -0.15) is 0 Å². The fourth-order valence-electron chi connectivity index (χ4n) is 2.83. The largest absolute Gasteiger partial charge is 0.336 e. The van der Waals surface area contributed by atoms with E-state index in [0.29, 0.717) is 26.1 Å². The van der Waals surface area contributed by atoms with Gasteiger partial charge in [0.1, 0.15) is 11.7 Å². The van der Waals surface area contributed by atoms with E-state index in [-0.39, 0.29) is 17.7 Å². The van der Waals surface area contributed by atoms with Gasteiger partial charge in [0.25, 0.3) is 0 Å². The Balaban J connectivity index is 1.75. The Morgan fingerprint density at radius 2 is 2.00 bits per heavy atom. The molecule has 3 rings (SSSR count). The maximum Gasteiger partial charge on any atom is 0.235 e. The maximum absolute atomic E-state index is 12.2. The lowest BCUT2D eigenvalue weighted by Crippen LogP contribution is -2.46. The molecule has 2 aliphatic heterocycles. The molecule has 2 aliphatic rings. The summed E-state index contributed by atoms with van der Waals surface area (Å²) < 4.78 is 0. The molecule has 18 heavy (non-hydrogen) atoms. The Morgan fingerprint density at radius 3 is 2.72 bits per heavy atom. The molecule has 2 atom stereocenters. The number of rotatable bonds is 2. The molecular weight excluding hydrogens is 228 g/mol. The van der Waals surface area contributed by atoms with Crippen LogP contribution in [-0.2, 0) is 16.1 Å². The molecule has 2 saturated heterocycles. The van der Waals surface area contributed by atoms with Crippen molar-refractivity contribution in [2.24, 2.45) is 5.92 Å². The highest BCUT2D eigenvalue weighted by Crippen LogP contribution is 2.25. The minimum absolute atomic E-state index is 0.0129. The number of amides is 1. The highest BCUT2D eigenvalue weighted by atomic mass is 16.2. The third kappa shape index (κ3) is 1.93. The molecule has 2 fully saturated rings. The van der Waals surface area contributed by atoms with Gasteiger partial charge in [-0.15, -0.1) is 0 Å².